The van der Waals surface area contributed by atoms with Gasteiger partial charge in [-0.1, -0.05) is 24.3 Å². The molecule has 1 amide bonds. The first-order valence-electron chi connectivity index (χ1n) is 9.55. The zero-order valence-electron chi connectivity index (χ0n) is 15.9. The van der Waals surface area contributed by atoms with Gasteiger partial charge < -0.3 is 14.1 Å². The van der Waals surface area contributed by atoms with E-state index in [1.807, 2.05) is 24.3 Å². The summed E-state index contributed by atoms with van der Waals surface area (Å²) in [5.74, 6) is -0.279. The second-order valence-corrected chi connectivity index (χ2v) is 6.99. The van der Waals surface area contributed by atoms with Crippen molar-refractivity contribution < 1.29 is 18.7 Å². The highest BCUT2D eigenvalue weighted by Crippen LogP contribution is 2.33. The molecule has 0 radical (unpaired) electrons. The molecule has 6 nitrogen and oxygen atoms in total. The summed E-state index contributed by atoms with van der Waals surface area (Å²) in [6.45, 7) is 0.0918. The van der Waals surface area contributed by atoms with Crippen molar-refractivity contribution >= 4 is 22.6 Å². The van der Waals surface area contributed by atoms with Crippen molar-refractivity contribution in [2.45, 2.75) is 25.8 Å². The third-order valence-corrected chi connectivity index (χ3v) is 5.20. The van der Waals surface area contributed by atoms with Crippen molar-refractivity contribution in [2.24, 2.45) is 0 Å². The number of nitrogens with zero attached hydrogens (tertiary/aromatic N) is 2. The summed E-state index contributed by atoms with van der Waals surface area (Å²) in [4.78, 5) is 26.7. The van der Waals surface area contributed by atoms with Gasteiger partial charge in [0.2, 0.25) is 0 Å². The lowest BCUT2D eigenvalue weighted by molar-refractivity contribution is -0.135. The normalized spacial score (nSPS) is 12.0. The predicted molar refractivity (Wildman–Crippen MR) is 106 cm³/mol. The molecule has 6 heteroatoms. The van der Waals surface area contributed by atoms with Crippen LogP contribution >= 0.6 is 0 Å². The standard InChI is InChI=1S/C23H20N2O4/c24-11-3-12-25(14-18-5-2-13-28-18)21(26)15-29-23(27)20-10-9-17-8-7-16-4-1-6-19(20)22(16)17/h1-2,4-6,9-10,13H,3,7-8,12,14-15H2. The molecule has 1 heterocycles. The summed E-state index contributed by atoms with van der Waals surface area (Å²) in [6, 6.07) is 15.2. The molecule has 1 aliphatic carbocycles. The molecule has 3 aromatic rings. The first-order chi connectivity index (χ1) is 14.2. The zero-order valence-corrected chi connectivity index (χ0v) is 15.9. The van der Waals surface area contributed by atoms with E-state index in [1.54, 1.807) is 18.2 Å². The number of esters is 1. The monoisotopic (exact) mass is 388 g/mol. The van der Waals surface area contributed by atoms with Crippen LogP contribution in [0.4, 0.5) is 0 Å². The number of rotatable bonds is 7. The Hall–Kier alpha value is -3.59. The highest BCUT2D eigenvalue weighted by Gasteiger charge is 2.21. The summed E-state index contributed by atoms with van der Waals surface area (Å²) in [7, 11) is 0. The third kappa shape index (κ3) is 3.85. The average molecular weight is 388 g/mol. The molecule has 4 rings (SSSR count). The predicted octanol–water partition coefficient (Wildman–Crippen LogP) is 3.63. The minimum atomic E-state index is -0.521. The molecule has 0 saturated carbocycles. The molecule has 1 aliphatic rings. The molecule has 0 spiro atoms. The van der Waals surface area contributed by atoms with Crippen molar-refractivity contribution in [3.05, 3.63) is 71.2 Å². The SMILES string of the molecule is N#CCCN(Cc1ccco1)C(=O)COC(=O)c1ccc2c3c(cccc13)CC2. The van der Waals surface area contributed by atoms with Crippen LogP contribution in [-0.2, 0) is 28.9 Å². The Bertz CT molecular complexity index is 1090. The van der Waals surface area contributed by atoms with Gasteiger partial charge >= 0.3 is 5.97 Å². The Morgan fingerprint density at radius 3 is 2.69 bits per heavy atom. The minimum absolute atomic E-state index is 0.190. The lowest BCUT2D eigenvalue weighted by Crippen LogP contribution is -2.35. The van der Waals surface area contributed by atoms with Crippen molar-refractivity contribution in [1.82, 2.24) is 4.90 Å². The lowest BCUT2D eigenvalue weighted by Gasteiger charge is -2.20. The fourth-order valence-corrected chi connectivity index (χ4v) is 3.79. The second kappa shape index (κ2) is 8.19. The maximum absolute atomic E-state index is 12.7. The van der Waals surface area contributed by atoms with Crippen LogP contribution in [0.15, 0.2) is 53.1 Å². The van der Waals surface area contributed by atoms with Crippen LogP contribution in [0.3, 0.4) is 0 Å². The second-order valence-electron chi connectivity index (χ2n) is 6.99. The molecule has 0 bridgehead atoms. The Morgan fingerprint density at radius 1 is 1.10 bits per heavy atom. The summed E-state index contributed by atoms with van der Waals surface area (Å²) >= 11 is 0. The number of hydrogen-bond donors (Lipinski definition) is 0. The van der Waals surface area contributed by atoms with Crippen LogP contribution in [0, 0.1) is 11.3 Å². The fraction of sp³-hybridized carbons (Fsp3) is 0.261. The van der Waals surface area contributed by atoms with Crippen LogP contribution in [0.25, 0.3) is 10.8 Å². The van der Waals surface area contributed by atoms with Gasteiger partial charge in [0, 0.05) is 6.54 Å². The molecule has 0 unspecified atom stereocenters. The molecular weight excluding hydrogens is 368 g/mol. The van der Waals surface area contributed by atoms with Crippen molar-refractivity contribution in [1.29, 1.82) is 5.26 Å². The van der Waals surface area contributed by atoms with Gasteiger partial charge in [0.25, 0.3) is 5.91 Å². The van der Waals surface area contributed by atoms with Gasteiger partial charge in [-0.2, -0.15) is 5.26 Å². The molecule has 146 valence electrons. The van der Waals surface area contributed by atoms with Gasteiger partial charge in [0.1, 0.15) is 5.76 Å². The number of carbonyl (C=O) groups excluding carboxylic acids is 2. The van der Waals surface area contributed by atoms with E-state index < -0.39 is 5.97 Å². The third-order valence-electron chi connectivity index (χ3n) is 5.20. The van der Waals surface area contributed by atoms with E-state index in [1.165, 1.54) is 22.3 Å². The number of nitriles is 1. The molecule has 0 saturated heterocycles. The molecule has 29 heavy (non-hydrogen) atoms. The zero-order chi connectivity index (χ0) is 20.2. The van der Waals surface area contributed by atoms with Crippen LogP contribution < -0.4 is 0 Å². The van der Waals surface area contributed by atoms with Crippen LogP contribution in [-0.4, -0.2) is 29.9 Å². The van der Waals surface area contributed by atoms with Crippen molar-refractivity contribution in [3.63, 3.8) is 0 Å². The highest BCUT2D eigenvalue weighted by atomic mass is 16.5. The fourth-order valence-electron chi connectivity index (χ4n) is 3.79. The molecular formula is C23H20N2O4. The maximum atomic E-state index is 12.7. The van der Waals surface area contributed by atoms with E-state index in [2.05, 4.69) is 6.07 Å². The first-order valence-corrected chi connectivity index (χ1v) is 9.55. The number of amides is 1. The average Bonchev–Trinajstić information content (AvgIpc) is 3.40. The summed E-state index contributed by atoms with van der Waals surface area (Å²) in [5.41, 5.74) is 2.95. The van der Waals surface area contributed by atoms with E-state index in [-0.39, 0.29) is 32.0 Å². The Morgan fingerprint density at radius 2 is 1.93 bits per heavy atom. The Balaban J connectivity index is 1.47. The molecule has 0 N–H and O–H groups in total. The minimum Gasteiger partial charge on any atom is -0.467 e. The molecule has 0 fully saturated rings. The number of ether oxygens (including phenoxy) is 1. The quantitative estimate of drug-likeness (QED) is 0.577. The van der Waals surface area contributed by atoms with Crippen LogP contribution in [0.2, 0.25) is 0 Å². The summed E-state index contributed by atoms with van der Waals surface area (Å²) in [6.07, 6.45) is 3.67. The van der Waals surface area contributed by atoms with Crippen LogP contribution in [0.1, 0.15) is 33.7 Å². The number of hydrogen-bond acceptors (Lipinski definition) is 5. The molecule has 0 aliphatic heterocycles. The van der Waals surface area contributed by atoms with Crippen LogP contribution in [0.5, 0.6) is 0 Å². The van der Waals surface area contributed by atoms with E-state index in [4.69, 9.17) is 14.4 Å². The summed E-state index contributed by atoms with van der Waals surface area (Å²) < 4.78 is 10.6. The van der Waals surface area contributed by atoms with E-state index in [0.717, 1.165) is 23.6 Å². The number of furan rings is 1. The molecule has 0 atom stereocenters. The van der Waals surface area contributed by atoms with Crippen molar-refractivity contribution in [2.75, 3.05) is 13.2 Å². The maximum Gasteiger partial charge on any atom is 0.339 e. The molecule has 1 aromatic heterocycles. The Kier molecular flexibility index (Phi) is 5.30. The van der Waals surface area contributed by atoms with Gasteiger partial charge in [-0.3, -0.25) is 4.79 Å². The van der Waals surface area contributed by atoms with Gasteiger partial charge in [-0.15, -0.1) is 0 Å². The van der Waals surface area contributed by atoms with Gasteiger partial charge in [-0.05, 0) is 52.9 Å². The largest absolute Gasteiger partial charge is 0.467 e. The smallest absolute Gasteiger partial charge is 0.339 e. The topological polar surface area (TPSA) is 83.5 Å². The Labute approximate surface area is 168 Å². The summed E-state index contributed by atoms with van der Waals surface area (Å²) in [5, 5.41) is 10.8. The van der Waals surface area contributed by atoms with Gasteiger partial charge in [0.15, 0.2) is 6.61 Å². The highest BCUT2D eigenvalue weighted by molar-refractivity contribution is 6.07. The van der Waals surface area contributed by atoms with E-state index >= 15 is 0 Å². The van der Waals surface area contributed by atoms with E-state index in [0.29, 0.717) is 11.3 Å². The number of aryl methyl sites for hydroxylation is 2. The van der Waals surface area contributed by atoms with Gasteiger partial charge in [0.05, 0.1) is 30.9 Å². The first kappa shape index (κ1) is 18.8. The lowest BCUT2D eigenvalue weighted by atomic mass is 10.00. The van der Waals surface area contributed by atoms with Crippen molar-refractivity contribution in [3.8, 4) is 6.07 Å². The van der Waals surface area contributed by atoms with E-state index in [9.17, 15) is 9.59 Å². The molecule has 2 aromatic carbocycles. The van der Waals surface area contributed by atoms with Gasteiger partial charge in [-0.25, -0.2) is 4.79 Å². The number of carbonyl (C=O) groups is 2. The number of benzene rings is 2.